The van der Waals surface area contributed by atoms with Gasteiger partial charge in [0.15, 0.2) is 0 Å². The minimum atomic E-state index is -0.144. The van der Waals surface area contributed by atoms with Gasteiger partial charge in [-0.25, -0.2) is 0 Å². The number of nitrogens with one attached hydrogen (secondary N) is 1. The van der Waals surface area contributed by atoms with Crippen LogP contribution in [0.1, 0.15) is 30.5 Å². The molecule has 1 unspecified atom stereocenters. The lowest BCUT2D eigenvalue weighted by atomic mass is 10.1. The molecule has 18 heavy (non-hydrogen) atoms. The minimum absolute atomic E-state index is 0.141. The van der Waals surface area contributed by atoms with Gasteiger partial charge in [0.2, 0.25) is 5.91 Å². The van der Waals surface area contributed by atoms with E-state index in [1.165, 1.54) is 16.7 Å². The van der Waals surface area contributed by atoms with Crippen molar-refractivity contribution in [2.75, 3.05) is 13.6 Å². The summed E-state index contributed by atoms with van der Waals surface area (Å²) in [6, 6.07) is 6.26. The fraction of sp³-hybridized carbons (Fsp3) is 0.533. The first-order valence-electron chi connectivity index (χ1n) is 6.50. The number of hydrogen-bond donors (Lipinski definition) is 1. The summed E-state index contributed by atoms with van der Waals surface area (Å²) in [4.78, 5) is 13.6. The van der Waals surface area contributed by atoms with Crippen LogP contribution in [0, 0.1) is 13.8 Å². The van der Waals surface area contributed by atoms with E-state index in [0.717, 1.165) is 13.1 Å². The lowest BCUT2D eigenvalue weighted by molar-refractivity contribution is -0.131. The van der Waals surface area contributed by atoms with Gasteiger partial charge in [0.25, 0.3) is 0 Å². The highest BCUT2D eigenvalue weighted by molar-refractivity contribution is 5.81. The van der Waals surface area contributed by atoms with E-state index in [2.05, 4.69) is 37.4 Å². The summed E-state index contributed by atoms with van der Waals surface area (Å²) in [7, 11) is 1.83. The topological polar surface area (TPSA) is 32.3 Å². The van der Waals surface area contributed by atoms with Gasteiger partial charge in [0.05, 0.1) is 6.04 Å². The second-order valence-corrected chi connectivity index (χ2v) is 4.88. The molecule has 0 saturated heterocycles. The predicted molar refractivity (Wildman–Crippen MR) is 75.5 cm³/mol. The standard InChI is InChI=1S/C15H24N2O/c1-6-17(5)15(18)13(4)16-10-14-9-11(2)7-8-12(14)3/h7-9,13,16H,6,10H2,1-5H3. The molecule has 0 aliphatic heterocycles. The third kappa shape index (κ3) is 3.84. The van der Waals surface area contributed by atoms with Crippen molar-refractivity contribution in [2.45, 2.75) is 40.3 Å². The minimum Gasteiger partial charge on any atom is -0.345 e. The van der Waals surface area contributed by atoms with Gasteiger partial charge in [-0.1, -0.05) is 23.8 Å². The van der Waals surface area contributed by atoms with Gasteiger partial charge in [-0.2, -0.15) is 0 Å². The molecule has 1 atom stereocenters. The number of hydrogen-bond acceptors (Lipinski definition) is 2. The molecule has 3 nitrogen and oxygen atoms in total. The van der Waals surface area contributed by atoms with Crippen molar-refractivity contribution in [2.24, 2.45) is 0 Å². The second-order valence-electron chi connectivity index (χ2n) is 4.88. The van der Waals surface area contributed by atoms with Crippen molar-refractivity contribution in [3.8, 4) is 0 Å². The van der Waals surface area contributed by atoms with Crippen LogP contribution < -0.4 is 5.32 Å². The van der Waals surface area contributed by atoms with E-state index in [1.807, 2.05) is 20.9 Å². The molecule has 1 aromatic rings. The highest BCUT2D eigenvalue weighted by Crippen LogP contribution is 2.10. The number of carbonyl (C=O) groups excluding carboxylic acids is 1. The van der Waals surface area contributed by atoms with Gasteiger partial charge in [-0.15, -0.1) is 0 Å². The summed E-state index contributed by atoms with van der Waals surface area (Å²) >= 11 is 0. The van der Waals surface area contributed by atoms with Crippen LogP contribution >= 0.6 is 0 Å². The SMILES string of the molecule is CCN(C)C(=O)C(C)NCc1cc(C)ccc1C. The van der Waals surface area contributed by atoms with Gasteiger partial charge in [-0.3, -0.25) is 4.79 Å². The van der Waals surface area contributed by atoms with Crippen LogP contribution in [0.25, 0.3) is 0 Å². The Bertz CT molecular complexity index is 415. The molecule has 1 rings (SSSR count). The van der Waals surface area contributed by atoms with Gasteiger partial charge in [-0.05, 0) is 38.8 Å². The van der Waals surface area contributed by atoms with E-state index in [9.17, 15) is 4.79 Å². The Kier molecular flexibility index (Phi) is 5.35. The smallest absolute Gasteiger partial charge is 0.239 e. The Morgan fingerprint density at radius 3 is 2.67 bits per heavy atom. The zero-order valence-electron chi connectivity index (χ0n) is 12.1. The third-order valence-corrected chi connectivity index (χ3v) is 3.32. The number of benzene rings is 1. The summed E-state index contributed by atoms with van der Waals surface area (Å²) in [5.74, 6) is 0.141. The number of aryl methyl sites for hydroxylation is 2. The monoisotopic (exact) mass is 248 g/mol. The maximum Gasteiger partial charge on any atom is 0.239 e. The molecule has 0 bridgehead atoms. The Morgan fingerprint density at radius 2 is 2.06 bits per heavy atom. The number of carbonyl (C=O) groups is 1. The van der Waals surface area contributed by atoms with Crippen molar-refractivity contribution in [1.82, 2.24) is 10.2 Å². The quantitative estimate of drug-likeness (QED) is 0.867. The Balaban J connectivity index is 2.59. The Morgan fingerprint density at radius 1 is 1.39 bits per heavy atom. The summed E-state index contributed by atoms with van der Waals surface area (Å²) in [6.07, 6.45) is 0. The molecule has 0 aliphatic rings. The molecular weight excluding hydrogens is 224 g/mol. The summed E-state index contributed by atoms with van der Waals surface area (Å²) in [6.45, 7) is 9.56. The van der Waals surface area contributed by atoms with Crippen LogP contribution in [-0.4, -0.2) is 30.4 Å². The third-order valence-electron chi connectivity index (χ3n) is 3.32. The van der Waals surface area contributed by atoms with Gasteiger partial charge >= 0.3 is 0 Å². The molecule has 0 fully saturated rings. The van der Waals surface area contributed by atoms with E-state index in [0.29, 0.717) is 0 Å². The van der Waals surface area contributed by atoms with Gasteiger partial charge in [0.1, 0.15) is 0 Å². The number of nitrogens with zero attached hydrogens (tertiary/aromatic N) is 1. The molecule has 0 aromatic heterocycles. The maximum absolute atomic E-state index is 11.9. The van der Waals surface area contributed by atoms with Gasteiger partial charge in [0, 0.05) is 20.1 Å². The molecule has 0 radical (unpaired) electrons. The van der Waals surface area contributed by atoms with Crippen LogP contribution in [0.4, 0.5) is 0 Å². The lowest BCUT2D eigenvalue weighted by Crippen LogP contribution is -2.42. The summed E-state index contributed by atoms with van der Waals surface area (Å²) < 4.78 is 0. The first kappa shape index (κ1) is 14.7. The van der Waals surface area contributed by atoms with Crippen molar-refractivity contribution < 1.29 is 4.79 Å². The zero-order chi connectivity index (χ0) is 13.7. The summed E-state index contributed by atoms with van der Waals surface area (Å²) in [5, 5.41) is 3.29. The van der Waals surface area contributed by atoms with Gasteiger partial charge < -0.3 is 10.2 Å². The molecule has 0 spiro atoms. The fourth-order valence-corrected chi connectivity index (χ4v) is 1.83. The van der Waals surface area contributed by atoms with Crippen LogP contribution in [0.5, 0.6) is 0 Å². The zero-order valence-corrected chi connectivity index (χ0v) is 12.1. The molecule has 1 amide bonds. The van der Waals surface area contributed by atoms with Crippen molar-refractivity contribution in [3.05, 3.63) is 34.9 Å². The highest BCUT2D eigenvalue weighted by Gasteiger charge is 2.15. The highest BCUT2D eigenvalue weighted by atomic mass is 16.2. The Labute approximate surface area is 110 Å². The van der Waals surface area contributed by atoms with Crippen LogP contribution in [0.15, 0.2) is 18.2 Å². The van der Waals surface area contributed by atoms with E-state index < -0.39 is 0 Å². The van der Waals surface area contributed by atoms with Crippen LogP contribution in [0.2, 0.25) is 0 Å². The molecule has 100 valence electrons. The average Bonchev–Trinajstić information content (AvgIpc) is 2.37. The molecule has 0 aliphatic carbocycles. The number of rotatable bonds is 5. The number of amides is 1. The lowest BCUT2D eigenvalue weighted by Gasteiger charge is -2.21. The maximum atomic E-state index is 11.9. The molecular formula is C15H24N2O. The van der Waals surface area contributed by atoms with E-state index in [4.69, 9.17) is 0 Å². The predicted octanol–water partition coefficient (Wildman–Crippen LogP) is 2.26. The molecule has 0 saturated carbocycles. The summed E-state index contributed by atoms with van der Waals surface area (Å²) in [5.41, 5.74) is 3.77. The second kappa shape index (κ2) is 6.55. The van der Waals surface area contributed by atoms with Crippen LogP contribution in [0.3, 0.4) is 0 Å². The van der Waals surface area contributed by atoms with Crippen molar-refractivity contribution in [3.63, 3.8) is 0 Å². The first-order valence-corrected chi connectivity index (χ1v) is 6.50. The first-order chi connectivity index (χ1) is 8.45. The van der Waals surface area contributed by atoms with Crippen molar-refractivity contribution in [1.29, 1.82) is 0 Å². The van der Waals surface area contributed by atoms with E-state index >= 15 is 0 Å². The van der Waals surface area contributed by atoms with Crippen molar-refractivity contribution >= 4 is 5.91 Å². The normalized spacial score (nSPS) is 12.3. The van der Waals surface area contributed by atoms with E-state index in [1.54, 1.807) is 4.90 Å². The molecule has 0 heterocycles. The Hall–Kier alpha value is -1.35. The molecule has 3 heteroatoms. The fourth-order valence-electron chi connectivity index (χ4n) is 1.83. The number of likely N-dealkylation sites (N-methyl/N-ethyl adjacent to an activating group) is 1. The average molecular weight is 248 g/mol. The molecule has 1 N–H and O–H groups in total. The molecule has 1 aromatic carbocycles. The largest absolute Gasteiger partial charge is 0.345 e. The van der Waals surface area contributed by atoms with Crippen LogP contribution in [-0.2, 0) is 11.3 Å². The van der Waals surface area contributed by atoms with E-state index in [-0.39, 0.29) is 11.9 Å².